The third-order valence-electron chi connectivity index (χ3n) is 3.95. The molecule has 0 aliphatic rings. The first kappa shape index (κ1) is 15.4. The molecule has 2 unspecified atom stereocenters. The van der Waals surface area contributed by atoms with Gasteiger partial charge >= 0.3 is 0 Å². The molecule has 0 saturated heterocycles. The number of hydrogen-bond acceptors (Lipinski definition) is 4. The van der Waals surface area contributed by atoms with E-state index in [2.05, 4.69) is 31.1 Å². The van der Waals surface area contributed by atoms with Crippen LogP contribution in [0.3, 0.4) is 0 Å². The van der Waals surface area contributed by atoms with Crippen LogP contribution in [-0.4, -0.2) is 22.5 Å². The van der Waals surface area contributed by atoms with Gasteiger partial charge in [0.25, 0.3) is 5.69 Å². The molecule has 1 heterocycles. The maximum Gasteiger partial charge on any atom is 0.295 e. The minimum atomic E-state index is -0.367. The standard InChI is InChI=1S/C16H21N3O2/c1-4-12(11(3)17-5-2)13-8-9-15(19(20)21)16-14(13)7-6-10-18-16/h6-12,17H,4-5H2,1-3H3. The predicted molar refractivity (Wildman–Crippen MR) is 84.6 cm³/mol. The van der Waals surface area contributed by atoms with Gasteiger partial charge in [0, 0.05) is 23.7 Å². The summed E-state index contributed by atoms with van der Waals surface area (Å²) >= 11 is 0. The van der Waals surface area contributed by atoms with Crippen LogP contribution in [0, 0.1) is 10.1 Å². The quantitative estimate of drug-likeness (QED) is 0.650. The van der Waals surface area contributed by atoms with Crippen molar-refractivity contribution in [1.29, 1.82) is 0 Å². The lowest BCUT2D eigenvalue weighted by molar-refractivity contribution is -0.383. The highest BCUT2D eigenvalue weighted by Crippen LogP contribution is 2.33. The van der Waals surface area contributed by atoms with Gasteiger partial charge in [-0.2, -0.15) is 0 Å². The van der Waals surface area contributed by atoms with Crippen LogP contribution in [0.25, 0.3) is 10.9 Å². The van der Waals surface area contributed by atoms with Gasteiger partial charge in [-0.05, 0) is 37.4 Å². The number of benzene rings is 1. The number of nitro groups is 1. The normalized spacial score (nSPS) is 14.0. The largest absolute Gasteiger partial charge is 0.314 e. The maximum absolute atomic E-state index is 11.2. The first-order valence-electron chi connectivity index (χ1n) is 7.35. The van der Waals surface area contributed by atoms with E-state index in [-0.39, 0.29) is 10.6 Å². The van der Waals surface area contributed by atoms with E-state index >= 15 is 0 Å². The number of aromatic nitrogens is 1. The van der Waals surface area contributed by atoms with Crippen molar-refractivity contribution < 1.29 is 4.92 Å². The highest BCUT2D eigenvalue weighted by atomic mass is 16.6. The van der Waals surface area contributed by atoms with Crippen LogP contribution in [0.2, 0.25) is 0 Å². The van der Waals surface area contributed by atoms with E-state index in [1.54, 1.807) is 12.3 Å². The van der Waals surface area contributed by atoms with Crippen molar-refractivity contribution in [2.45, 2.75) is 39.2 Å². The Balaban J connectivity index is 2.59. The SMILES string of the molecule is CCNC(C)C(CC)c1ccc([N+](=O)[O-])c2ncccc12. The van der Waals surface area contributed by atoms with Crippen LogP contribution < -0.4 is 5.32 Å². The molecule has 5 heteroatoms. The zero-order valence-corrected chi connectivity index (χ0v) is 12.7. The van der Waals surface area contributed by atoms with Gasteiger partial charge in [-0.25, -0.2) is 4.98 Å². The molecule has 2 atom stereocenters. The molecule has 2 aromatic rings. The van der Waals surface area contributed by atoms with Gasteiger partial charge in [-0.3, -0.25) is 10.1 Å². The number of pyridine rings is 1. The summed E-state index contributed by atoms with van der Waals surface area (Å²) in [5.74, 6) is 0.303. The summed E-state index contributed by atoms with van der Waals surface area (Å²) in [5, 5.41) is 15.5. The van der Waals surface area contributed by atoms with E-state index in [9.17, 15) is 10.1 Å². The van der Waals surface area contributed by atoms with E-state index in [4.69, 9.17) is 0 Å². The Bertz CT molecular complexity index is 642. The molecule has 2 rings (SSSR count). The topological polar surface area (TPSA) is 68.1 Å². The molecule has 1 N–H and O–H groups in total. The Morgan fingerprint density at radius 2 is 2.10 bits per heavy atom. The lowest BCUT2D eigenvalue weighted by atomic mass is 9.87. The van der Waals surface area contributed by atoms with E-state index in [0.717, 1.165) is 23.9 Å². The van der Waals surface area contributed by atoms with Crippen LogP contribution in [0.5, 0.6) is 0 Å². The minimum Gasteiger partial charge on any atom is -0.314 e. The molecule has 21 heavy (non-hydrogen) atoms. The second-order valence-electron chi connectivity index (χ2n) is 5.19. The fraction of sp³-hybridized carbons (Fsp3) is 0.438. The molecule has 0 radical (unpaired) electrons. The summed E-state index contributed by atoms with van der Waals surface area (Å²) in [5.41, 5.74) is 1.67. The molecule has 0 bridgehead atoms. The van der Waals surface area contributed by atoms with Gasteiger partial charge in [-0.1, -0.05) is 26.0 Å². The Morgan fingerprint density at radius 3 is 2.71 bits per heavy atom. The van der Waals surface area contributed by atoms with Crippen LogP contribution in [0.1, 0.15) is 38.7 Å². The van der Waals surface area contributed by atoms with Crippen LogP contribution in [-0.2, 0) is 0 Å². The predicted octanol–water partition coefficient (Wildman–Crippen LogP) is 3.63. The Kier molecular flexibility index (Phi) is 4.85. The van der Waals surface area contributed by atoms with E-state index in [1.165, 1.54) is 0 Å². The van der Waals surface area contributed by atoms with Crippen molar-refractivity contribution in [1.82, 2.24) is 10.3 Å². The number of hydrogen-bond donors (Lipinski definition) is 1. The summed E-state index contributed by atoms with van der Waals surface area (Å²) in [6.45, 7) is 7.28. The molecule has 0 aliphatic heterocycles. The second-order valence-corrected chi connectivity index (χ2v) is 5.19. The zero-order chi connectivity index (χ0) is 15.4. The molecule has 5 nitrogen and oxygen atoms in total. The van der Waals surface area contributed by atoms with Gasteiger partial charge in [0.15, 0.2) is 0 Å². The average molecular weight is 287 g/mol. The fourth-order valence-corrected chi connectivity index (χ4v) is 2.96. The second kappa shape index (κ2) is 6.63. The number of rotatable bonds is 6. The highest BCUT2D eigenvalue weighted by molar-refractivity contribution is 5.90. The van der Waals surface area contributed by atoms with Crippen molar-refractivity contribution in [2.24, 2.45) is 0 Å². The molecule has 1 aromatic carbocycles. The lowest BCUT2D eigenvalue weighted by Gasteiger charge is -2.25. The van der Waals surface area contributed by atoms with E-state index in [1.807, 2.05) is 18.2 Å². The van der Waals surface area contributed by atoms with Crippen molar-refractivity contribution in [3.63, 3.8) is 0 Å². The van der Waals surface area contributed by atoms with Crippen molar-refractivity contribution >= 4 is 16.6 Å². The third kappa shape index (κ3) is 3.03. The molecule has 0 spiro atoms. The minimum absolute atomic E-state index is 0.0697. The molecule has 0 aliphatic carbocycles. The summed E-state index contributed by atoms with van der Waals surface area (Å²) in [6.07, 6.45) is 2.57. The number of nitrogens with one attached hydrogen (secondary N) is 1. The smallest absolute Gasteiger partial charge is 0.295 e. The van der Waals surface area contributed by atoms with Gasteiger partial charge in [0.05, 0.1) is 4.92 Å². The fourth-order valence-electron chi connectivity index (χ4n) is 2.96. The van der Waals surface area contributed by atoms with Crippen molar-refractivity contribution in [2.75, 3.05) is 6.54 Å². The van der Waals surface area contributed by atoms with E-state index in [0.29, 0.717) is 17.5 Å². The number of fused-ring (bicyclic) bond motifs is 1. The molecule has 0 saturated carbocycles. The van der Waals surface area contributed by atoms with Gasteiger partial charge in [0.2, 0.25) is 0 Å². The zero-order valence-electron chi connectivity index (χ0n) is 12.7. The summed E-state index contributed by atoms with van der Waals surface area (Å²) in [6, 6.07) is 7.52. The first-order chi connectivity index (χ1) is 10.1. The first-order valence-corrected chi connectivity index (χ1v) is 7.35. The van der Waals surface area contributed by atoms with E-state index < -0.39 is 0 Å². The molecular weight excluding hydrogens is 266 g/mol. The average Bonchev–Trinajstić information content (AvgIpc) is 2.48. The van der Waals surface area contributed by atoms with Crippen LogP contribution in [0.4, 0.5) is 5.69 Å². The molecule has 1 aromatic heterocycles. The Morgan fingerprint density at radius 1 is 1.33 bits per heavy atom. The van der Waals surface area contributed by atoms with Gasteiger partial charge in [-0.15, -0.1) is 0 Å². The van der Waals surface area contributed by atoms with Crippen LogP contribution in [0.15, 0.2) is 30.5 Å². The maximum atomic E-state index is 11.2. The number of nitrogens with zero attached hydrogens (tertiary/aromatic N) is 2. The molecule has 0 fully saturated rings. The molecule has 0 amide bonds. The van der Waals surface area contributed by atoms with Crippen molar-refractivity contribution in [3.8, 4) is 0 Å². The van der Waals surface area contributed by atoms with Gasteiger partial charge < -0.3 is 5.32 Å². The number of non-ortho nitro benzene ring substituents is 1. The van der Waals surface area contributed by atoms with Crippen LogP contribution >= 0.6 is 0 Å². The lowest BCUT2D eigenvalue weighted by Crippen LogP contribution is -2.31. The highest BCUT2D eigenvalue weighted by Gasteiger charge is 2.22. The molecule has 112 valence electrons. The molecular formula is C16H21N3O2. The number of likely N-dealkylation sites (N-methyl/N-ethyl adjacent to an activating group) is 1. The third-order valence-corrected chi connectivity index (χ3v) is 3.95. The Labute approximate surface area is 124 Å². The number of nitro benzene ring substituents is 1. The van der Waals surface area contributed by atoms with Gasteiger partial charge in [0.1, 0.15) is 5.52 Å². The summed E-state index contributed by atoms with van der Waals surface area (Å²) in [4.78, 5) is 15.0. The van der Waals surface area contributed by atoms with Crippen molar-refractivity contribution in [3.05, 3.63) is 46.1 Å². The summed E-state index contributed by atoms with van der Waals surface area (Å²) < 4.78 is 0. The monoisotopic (exact) mass is 287 g/mol. The Hall–Kier alpha value is -2.01. The summed E-state index contributed by atoms with van der Waals surface area (Å²) in [7, 11) is 0.